The second kappa shape index (κ2) is 7.14. The Balaban J connectivity index is 1.39. The highest BCUT2D eigenvalue weighted by atomic mass is 16.5. The smallest absolute Gasteiger partial charge is 0.225 e. The summed E-state index contributed by atoms with van der Waals surface area (Å²) in [4.78, 5) is 16.6. The first kappa shape index (κ1) is 15.3. The molecule has 0 bridgehead atoms. The third-order valence-electron chi connectivity index (χ3n) is 4.72. The Morgan fingerprint density at radius 2 is 1.91 bits per heavy atom. The van der Waals surface area contributed by atoms with Crippen molar-refractivity contribution in [3.63, 3.8) is 0 Å². The van der Waals surface area contributed by atoms with E-state index in [0.717, 1.165) is 64.2 Å². The lowest BCUT2D eigenvalue weighted by molar-refractivity contribution is -0.134. The van der Waals surface area contributed by atoms with Gasteiger partial charge in [0.1, 0.15) is 5.75 Å². The van der Waals surface area contributed by atoms with Crippen LogP contribution in [0.4, 0.5) is 0 Å². The average molecular weight is 302 g/mol. The summed E-state index contributed by atoms with van der Waals surface area (Å²) < 4.78 is 5.40. The zero-order valence-electron chi connectivity index (χ0n) is 13.5. The van der Waals surface area contributed by atoms with E-state index in [4.69, 9.17) is 4.74 Å². The summed E-state index contributed by atoms with van der Waals surface area (Å²) in [5, 5.41) is 0. The molecule has 3 rings (SSSR count). The maximum atomic E-state index is 12.0. The fourth-order valence-electron chi connectivity index (χ4n) is 3.18. The van der Waals surface area contributed by atoms with Crippen molar-refractivity contribution in [3.05, 3.63) is 29.8 Å². The number of aryl methyl sites for hydroxylation is 1. The summed E-state index contributed by atoms with van der Waals surface area (Å²) in [6.07, 6.45) is 4.40. The molecule has 120 valence electrons. The number of rotatable bonds is 6. The van der Waals surface area contributed by atoms with Crippen molar-refractivity contribution in [3.8, 4) is 5.75 Å². The first-order valence-corrected chi connectivity index (χ1v) is 8.41. The molecule has 4 heteroatoms. The van der Waals surface area contributed by atoms with E-state index in [1.54, 1.807) is 7.11 Å². The van der Waals surface area contributed by atoms with Crippen molar-refractivity contribution in [2.45, 2.75) is 25.7 Å². The number of ether oxygens (including phenoxy) is 1. The van der Waals surface area contributed by atoms with E-state index in [9.17, 15) is 4.79 Å². The molecule has 2 aliphatic rings. The van der Waals surface area contributed by atoms with Crippen LogP contribution >= 0.6 is 0 Å². The lowest BCUT2D eigenvalue weighted by Gasteiger charge is -2.34. The molecule has 2 fully saturated rings. The van der Waals surface area contributed by atoms with Crippen LogP contribution < -0.4 is 4.74 Å². The van der Waals surface area contributed by atoms with E-state index in [1.165, 1.54) is 5.56 Å². The highest BCUT2D eigenvalue weighted by Crippen LogP contribution is 2.31. The molecule has 0 aromatic heterocycles. The summed E-state index contributed by atoms with van der Waals surface area (Å²) in [6, 6.07) is 8.25. The zero-order chi connectivity index (χ0) is 15.4. The van der Waals surface area contributed by atoms with Crippen LogP contribution in [-0.4, -0.2) is 55.5 Å². The van der Waals surface area contributed by atoms with Crippen LogP contribution in [-0.2, 0) is 11.2 Å². The molecule has 1 heterocycles. The predicted molar refractivity (Wildman–Crippen MR) is 87.1 cm³/mol. The molecule has 1 aliphatic heterocycles. The normalized spacial score (nSPS) is 19.2. The zero-order valence-corrected chi connectivity index (χ0v) is 13.5. The van der Waals surface area contributed by atoms with Crippen molar-refractivity contribution < 1.29 is 9.53 Å². The van der Waals surface area contributed by atoms with Crippen molar-refractivity contribution in [2.24, 2.45) is 5.92 Å². The quantitative estimate of drug-likeness (QED) is 0.807. The van der Waals surface area contributed by atoms with Gasteiger partial charge in [-0.2, -0.15) is 0 Å². The predicted octanol–water partition coefficient (Wildman–Crippen LogP) is 2.18. The van der Waals surface area contributed by atoms with E-state index < -0.39 is 0 Å². The van der Waals surface area contributed by atoms with Crippen molar-refractivity contribution in [2.75, 3.05) is 39.8 Å². The number of hydrogen-bond acceptors (Lipinski definition) is 3. The van der Waals surface area contributed by atoms with Gasteiger partial charge in [-0.1, -0.05) is 18.2 Å². The topological polar surface area (TPSA) is 32.8 Å². The first-order valence-electron chi connectivity index (χ1n) is 8.41. The molecule has 1 saturated carbocycles. The number of para-hydroxylation sites is 1. The van der Waals surface area contributed by atoms with Crippen molar-refractivity contribution >= 4 is 5.91 Å². The number of hydrogen-bond donors (Lipinski definition) is 0. The van der Waals surface area contributed by atoms with Crippen molar-refractivity contribution in [1.82, 2.24) is 9.80 Å². The first-order chi connectivity index (χ1) is 10.8. The van der Waals surface area contributed by atoms with E-state index >= 15 is 0 Å². The largest absolute Gasteiger partial charge is 0.496 e. The fourth-order valence-corrected chi connectivity index (χ4v) is 3.18. The second-order valence-electron chi connectivity index (χ2n) is 6.36. The summed E-state index contributed by atoms with van der Waals surface area (Å²) in [6.45, 7) is 4.95. The number of amides is 1. The molecular weight excluding hydrogens is 276 g/mol. The molecule has 0 unspecified atom stereocenters. The van der Waals surface area contributed by atoms with Crippen LogP contribution in [0.1, 0.15) is 24.8 Å². The molecule has 1 amide bonds. The number of methoxy groups -OCH3 is 1. The van der Waals surface area contributed by atoms with Gasteiger partial charge >= 0.3 is 0 Å². The van der Waals surface area contributed by atoms with Crippen LogP contribution in [0.5, 0.6) is 5.75 Å². The van der Waals surface area contributed by atoms with Gasteiger partial charge in [0.05, 0.1) is 7.11 Å². The minimum atomic E-state index is 0.358. The van der Waals surface area contributed by atoms with Gasteiger partial charge in [0, 0.05) is 32.1 Å². The van der Waals surface area contributed by atoms with Crippen LogP contribution in [0.15, 0.2) is 24.3 Å². The van der Waals surface area contributed by atoms with E-state index in [1.807, 2.05) is 12.1 Å². The molecular formula is C18H26N2O2. The summed E-state index contributed by atoms with van der Waals surface area (Å²) >= 11 is 0. The maximum absolute atomic E-state index is 12.0. The van der Waals surface area contributed by atoms with Gasteiger partial charge in [-0.3, -0.25) is 9.69 Å². The Kier molecular flexibility index (Phi) is 4.98. The Morgan fingerprint density at radius 3 is 2.59 bits per heavy atom. The summed E-state index contributed by atoms with van der Waals surface area (Å²) in [5.74, 6) is 1.74. The van der Waals surface area contributed by atoms with Crippen molar-refractivity contribution in [1.29, 1.82) is 0 Å². The number of piperazine rings is 1. The van der Waals surface area contributed by atoms with Gasteiger partial charge in [-0.05, 0) is 43.9 Å². The lowest BCUT2D eigenvalue weighted by Crippen LogP contribution is -2.49. The molecule has 22 heavy (non-hydrogen) atoms. The van der Waals surface area contributed by atoms with E-state index in [2.05, 4.69) is 21.9 Å². The molecule has 1 aromatic carbocycles. The van der Waals surface area contributed by atoms with Crippen LogP contribution in [0, 0.1) is 5.92 Å². The Labute approximate surface area is 133 Å². The second-order valence-corrected chi connectivity index (χ2v) is 6.36. The van der Waals surface area contributed by atoms with Crippen LogP contribution in [0.25, 0.3) is 0 Å². The summed E-state index contributed by atoms with van der Waals surface area (Å²) in [7, 11) is 1.73. The van der Waals surface area contributed by atoms with Crippen LogP contribution in [0.3, 0.4) is 0 Å². The average Bonchev–Trinajstić information content (AvgIpc) is 3.40. The molecule has 1 aliphatic carbocycles. The summed E-state index contributed by atoms with van der Waals surface area (Å²) in [5.41, 5.74) is 1.28. The third kappa shape index (κ3) is 3.80. The van der Waals surface area contributed by atoms with E-state index in [0.29, 0.717) is 11.8 Å². The molecule has 0 N–H and O–H groups in total. The van der Waals surface area contributed by atoms with Gasteiger partial charge in [0.2, 0.25) is 5.91 Å². The van der Waals surface area contributed by atoms with Gasteiger partial charge < -0.3 is 9.64 Å². The molecule has 1 aromatic rings. The maximum Gasteiger partial charge on any atom is 0.225 e. The fraction of sp³-hybridized carbons (Fsp3) is 0.611. The standard InChI is InChI=1S/C18H26N2O2/c1-22-17-7-3-2-5-15(17)6-4-10-19-11-13-20(14-12-19)18(21)16-8-9-16/h2-3,5,7,16H,4,6,8-14H2,1H3. The van der Waals surface area contributed by atoms with Gasteiger partial charge in [0.25, 0.3) is 0 Å². The molecule has 0 spiro atoms. The van der Waals surface area contributed by atoms with E-state index in [-0.39, 0.29) is 0 Å². The molecule has 0 radical (unpaired) electrons. The highest BCUT2D eigenvalue weighted by Gasteiger charge is 2.34. The van der Waals surface area contributed by atoms with Gasteiger partial charge in [-0.15, -0.1) is 0 Å². The third-order valence-corrected chi connectivity index (χ3v) is 4.72. The van der Waals surface area contributed by atoms with Gasteiger partial charge in [0.15, 0.2) is 0 Å². The minimum absolute atomic E-state index is 0.358. The monoisotopic (exact) mass is 302 g/mol. The number of benzene rings is 1. The number of carbonyl (C=O) groups is 1. The Bertz CT molecular complexity index is 506. The number of nitrogens with zero attached hydrogens (tertiary/aromatic N) is 2. The SMILES string of the molecule is COc1ccccc1CCCN1CCN(C(=O)C2CC2)CC1. The lowest BCUT2D eigenvalue weighted by atomic mass is 10.1. The van der Waals surface area contributed by atoms with Gasteiger partial charge in [-0.25, -0.2) is 0 Å². The molecule has 0 atom stereocenters. The highest BCUT2D eigenvalue weighted by molar-refractivity contribution is 5.81. The Hall–Kier alpha value is -1.55. The molecule has 4 nitrogen and oxygen atoms in total. The molecule has 1 saturated heterocycles. The minimum Gasteiger partial charge on any atom is -0.496 e. The van der Waals surface area contributed by atoms with Crippen LogP contribution in [0.2, 0.25) is 0 Å². The Morgan fingerprint density at radius 1 is 1.18 bits per heavy atom. The number of carbonyl (C=O) groups excluding carboxylic acids is 1.